The minimum absolute atomic E-state index is 0.219. The first kappa shape index (κ1) is 19.9. The quantitative estimate of drug-likeness (QED) is 0.713. The molecule has 24 heavy (non-hydrogen) atoms. The molecular weight excluding hydrogens is 351 g/mol. The van der Waals surface area contributed by atoms with Gasteiger partial charge in [0.2, 0.25) is 0 Å². The van der Waals surface area contributed by atoms with Gasteiger partial charge in [-0.15, -0.1) is 0 Å². The Balaban J connectivity index is 2.66. The number of benzene rings is 1. The molecule has 134 valence electrons. The molecule has 1 rings (SSSR count). The summed E-state index contributed by atoms with van der Waals surface area (Å²) in [6.07, 6.45) is -5.71. The van der Waals surface area contributed by atoms with Gasteiger partial charge in [-0.05, 0) is 38.5 Å². The van der Waals surface area contributed by atoms with Crippen molar-refractivity contribution in [2.45, 2.75) is 39.1 Å². The normalized spacial score (nSPS) is 11.6. The highest BCUT2D eigenvalue weighted by molar-refractivity contribution is 6.33. The summed E-state index contributed by atoms with van der Waals surface area (Å²) in [5, 5.41) is 1.95. The minimum atomic E-state index is -4.95. The van der Waals surface area contributed by atoms with Gasteiger partial charge >= 0.3 is 18.2 Å². The first-order chi connectivity index (χ1) is 10.9. The topological polar surface area (TPSA) is 79.5 Å². The van der Waals surface area contributed by atoms with Crippen LogP contribution in [-0.2, 0) is 16.1 Å². The summed E-state index contributed by atoms with van der Waals surface area (Å²) >= 11 is 5.93. The molecule has 0 aliphatic heterocycles. The van der Waals surface area contributed by atoms with Crippen molar-refractivity contribution in [3.8, 4) is 0 Å². The number of rotatable bonds is 4. The first-order valence-electron chi connectivity index (χ1n) is 6.77. The Bertz CT molecular complexity index is 616. The van der Waals surface area contributed by atoms with Crippen LogP contribution < -0.4 is 16.2 Å². The number of amides is 2. The first-order valence-corrected chi connectivity index (χ1v) is 7.15. The molecule has 3 N–H and O–H groups in total. The van der Waals surface area contributed by atoms with Crippen LogP contribution in [0.2, 0.25) is 5.02 Å². The molecule has 0 fully saturated rings. The summed E-state index contributed by atoms with van der Waals surface area (Å²) in [4.78, 5) is 22.3. The van der Waals surface area contributed by atoms with Crippen molar-refractivity contribution in [2.75, 3.05) is 5.43 Å². The van der Waals surface area contributed by atoms with Gasteiger partial charge in [0.15, 0.2) is 0 Å². The number of ether oxygens (including phenoxy) is 1. The number of alkyl halides is 3. The lowest BCUT2D eigenvalue weighted by atomic mass is 10.2. The van der Waals surface area contributed by atoms with Crippen molar-refractivity contribution >= 4 is 29.3 Å². The number of nitrogens with one attached hydrogen (secondary N) is 3. The van der Waals surface area contributed by atoms with E-state index in [0.29, 0.717) is 5.56 Å². The van der Waals surface area contributed by atoms with E-state index in [1.165, 1.54) is 18.2 Å². The summed E-state index contributed by atoms with van der Waals surface area (Å²) in [6.45, 7) is 4.70. The molecule has 0 heterocycles. The molecular formula is C14H17ClF3N3O3. The van der Waals surface area contributed by atoms with E-state index in [2.05, 4.69) is 10.9 Å². The molecule has 0 spiro atoms. The molecule has 0 aromatic heterocycles. The van der Waals surface area contributed by atoms with Gasteiger partial charge in [-0.1, -0.05) is 17.7 Å². The predicted molar refractivity (Wildman–Crippen MR) is 82.3 cm³/mol. The summed E-state index contributed by atoms with van der Waals surface area (Å²) in [5.74, 6) is -2.04. The van der Waals surface area contributed by atoms with Crippen LogP contribution in [0.5, 0.6) is 0 Å². The van der Waals surface area contributed by atoms with E-state index in [1.807, 2.05) is 0 Å². The molecule has 1 aromatic rings. The second-order valence-electron chi connectivity index (χ2n) is 5.75. The Labute approximate surface area is 141 Å². The SMILES string of the molecule is CC(C)(C)OC(=O)NNc1cc(CNC(=O)C(F)(F)F)ccc1Cl. The molecule has 0 saturated heterocycles. The van der Waals surface area contributed by atoms with Crippen molar-refractivity contribution in [1.82, 2.24) is 10.7 Å². The van der Waals surface area contributed by atoms with E-state index in [4.69, 9.17) is 16.3 Å². The van der Waals surface area contributed by atoms with Crippen LogP contribution in [0.1, 0.15) is 26.3 Å². The van der Waals surface area contributed by atoms with E-state index in [9.17, 15) is 22.8 Å². The van der Waals surface area contributed by atoms with Crippen LogP contribution in [0.25, 0.3) is 0 Å². The van der Waals surface area contributed by atoms with Crippen molar-refractivity contribution < 1.29 is 27.5 Å². The standard InChI is InChI=1S/C14H17ClF3N3O3/c1-13(2,3)24-12(23)21-20-10-6-8(4-5-9(10)15)7-19-11(22)14(16,17)18/h4-6,20H,7H2,1-3H3,(H,19,22)(H,21,23). The zero-order valence-corrected chi connectivity index (χ0v) is 13.9. The average molecular weight is 368 g/mol. The van der Waals surface area contributed by atoms with Crippen molar-refractivity contribution in [3.05, 3.63) is 28.8 Å². The Morgan fingerprint density at radius 3 is 2.38 bits per heavy atom. The number of carbonyl (C=O) groups excluding carboxylic acids is 2. The van der Waals surface area contributed by atoms with Crippen LogP contribution in [0.15, 0.2) is 18.2 Å². The van der Waals surface area contributed by atoms with Crippen molar-refractivity contribution in [3.63, 3.8) is 0 Å². The van der Waals surface area contributed by atoms with Crippen LogP contribution in [-0.4, -0.2) is 23.8 Å². The highest BCUT2D eigenvalue weighted by Gasteiger charge is 2.38. The lowest BCUT2D eigenvalue weighted by molar-refractivity contribution is -0.173. The van der Waals surface area contributed by atoms with Crippen LogP contribution in [0.4, 0.5) is 23.7 Å². The molecule has 0 aliphatic carbocycles. The number of hydrogen-bond donors (Lipinski definition) is 3. The van der Waals surface area contributed by atoms with Gasteiger partial charge in [-0.25, -0.2) is 10.2 Å². The molecule has 0 radical (unpaired) electrons. The van der Waals surface area contributed by atoms with Gasteiger partial charge in [-0.3, -0.25) is 10.2 Å². The number of hydrazine groups is 1. The fraction of sp³-hybridized carbons (Fsp3) is 0.429. The third-order valence-electron chi connectivity index (χ3n) is 2.44. The third kappa shape index (κ3) is 6.95. The second kappa shape index (κ2) is 7.61. The fourth-order valence-electron chi connectivity index (χ4n) is 1.48. The van der Waals surface area contributed by atoms with Gasteiger partial charge in [-0.2, -0.15) is 13.2 Å². The lowest BCUT2D eigenvalue weighted by Crippen LogP contribution is -2.36. The summed E-state index contributed by atoms with van der Waals surface area (Å²) in [6, 6.07) is 4.24. The number of anilines is 1. The molecule has 0 atom stereocenters. The van der Waals surface area contributed by atoms with Crippen molar-refractivity contribution in [1.29, 1.82) is 0 Å². The number of carbonyl (C=O) groups is 2. The molecule has 1 aromatic carbocycles. The maximum Gasteiger partial charge on any atom is 0.471 e. The summed E-state index contributed by atoms with van der Waals surface area (Å²) < 4.78 is 41.4. The van der Waals surface area contributed by atoms with E-state index >= 15 is 0 Å². The van der Waals surface area contributed by atoms with Crippen LogP contribution in [0.3, 0.4) is 0 Å². The maximum atomic E-state index is 12.1. The van der Waals surface area contributed by atoms with Crippen molar-refractivity contribution in [2.24, 2.45) is 0 Å². The Morgan fingerprint density at radius 1 is 1.21 bits per heavy atom. The van der Waals surface area contributed by atoms with Gasteiger partial charge < -0.3 is 10.1 Å². The summed E-state index contributed by atoms with van der Waals surface area (Å²) in [5.41, 5.74) is 4.65. The molecule has 0 bridgehead atoms. The maximum absolute atomic E-state index is 12.1. The highest BCUT2D eigenvalue weighted by Crippen LogP contribution is 2.23. The Hall–Kier alpha value is -2.16. The lowest BCUT2D eigenvalue weighted by Gasteiger charge is -2.20. The van der Waals surface area contributed by atoms with E-state index in [0.717, 1.165) is 0 Å². The molecule has 10 heteroatoms. The molecule has 0 aliphatic rings. The third-order valence-corrected chi connectivity index (χ3v) is 2.77. The van der Waals surface area contributed by atoms with Crippen LogP contribution >= 0.6 is 11.6 Å². The number of halogens is 4. The zero-order chi connectivity index (χ0) is 18.5. The smallest absolute Gasteiger partial charge is 0.443 e. The molecule has 2 amide bonds. The molecule has 6 nitrogen and oxygen atoms in total. The highest BCUT2D eigenvalue weighted by atomic mass is 35.5. The fourth-order valence-corrected chi connectivity index (χ4v) is 1.65. The predicted octanol–water partition coefficient (Wildman–Crippen LogP) is 3.37. The van der Waals surface area contributed by atoms with Gasteiger partial charge in [0.05, 0.1) is 10.7 Å². The minimum Gasteiger partial charge on any atom is -0.443 e. The monoisotopic (exact) mass is 367 g/mol. The second-order valence-corrected chi connectivity index (χ2v) is 6.15. The van der Waals surface area contributed by atoms with Gasteiger partial charge in [0.1, 0.15) is 5.60 Å². The average Bonchev–Trinajstić information content (AvgIpc) is 2.41. The number of hydrogen-bond acceptors (Lipinski definition) is 4. The molecule has 0 saturated carbocycles. The van der Waals surface area contributed by atoms with E-state index in [-0.39, 0.29) is 17.3 Å². The Morgan fingerprint density at radius 2 is 1.83 bits per heavy atom. The van der Waals surface area contributed by atoms with Crippen LogP contribution in [0, 0.1) is 0 Å². The van der Waals surface area contributed by atoms with Gasteiger partial charge in [0, 0.05) is 6.54 Å². The van der Waals surface area contributed by atoms with E-state index in [1.54, 1.807) is 26.1 Å². The zero-order valence-electron chi connectivity index (χ0n) is 13.2. The molecule has 0 unspecified atom stereocenters. The van der Waals surface area contributed by atoms with Gasteiger partial charge in [0.25, 0.3) is 0 Å². The largest absolute Gasteiger partial charge is 0.471 e. The Kier molecular flexibility index (Phi) is 6.30. The summed E-state index contributed by atoms with van der Waals surface area (Å²) in [7, 11) is 0. The van der Waals surface area contributed by atoms with E-state index < -0.39 is 23.8 Å².